The number of hydrogen-bond acceptors (Lipinski definition) is 3. The van der Waals surface area contributed by atoms with E-state index in [9.17, 15) is 4.79 Å². The Morgan fingerprint density at radius 2 is 1.92 bits per heavy atom. The van der Waals surface area contributed by atoms with E-state index in [1.54, 1.807) is 0 Å². The smallest absolute Gasteiger partial charge is 0.233 e. The van der Waals surface area contributed by atoms with E-state index < -0.39 is 0 Å². The van der Waals surface area contributed by atoms with Crippen LogP contribution in [0, 0.1) is 0 Å². The van der Waals surface area contributed by atoms with Crippen LogP contribution in [0.1, 0.15) is 42.7 Å². The van der Waals surface area contributed by atoms with Gasteiger partial charge in [0.2, 0.25) is 5.91 Å². The lowest BCUT2D eigenvalue weighted by Crippen LogP contribution is -2.25. The third-order valence-electron chi connectivity index (χ3n) is 5.16. The molecule has 2 aliphatic rings. The highest BCUT2D eigenvalue weighted by atomic mass is 16.1. The zero-order valence-electron chi connectivity index (χ0n) is 13.9. The number of nitrogens with zero attached hydrogens (tertiary/aromatic N) is 2. The molecule has 1 fully saturated rings. The average Bonchev–Trinajstić information content (AvgIpc) is 3.16. The minimum Gasteiger partial charge on any atom is -0.370 e. The van der Waals surface area contributed by atoms with E-state index in [4.69, 9.17) is 0 Å². The summed E-state index contributed by atoms with van der Waals surface area (Å²) in [5, 5.41) is 3.00. The summed E-state index contributed by atoms with van der Waals surface area (Å²) >= 11 is 0. The summed E-state index contributed by atoms with van der Waals surface area (Å²) in [5.41, 5.74) is 3.63. The highest BCUT2D eigenvalue weighted by Crippen LogP contribution is 2.32. The number of rotatable bonds is 3. The van der Waals surface area contributed by atoms with Gasteiger partial charge in [0.05, 0.1) is 17.8 Å². The van der Waals surface area contributed by atoms with Gasteiger partial charge in [0.1, 0.15) is 5.82 Å². The molecule has 4 nitrogen and oxygen atoms in total. The van der Waals surface area contributed by atoms with Gasteiger partial charge in [-0.3, -0.25) is 4.79 Å². The van der Waals surface area contributed by atoms with E-state index in [0.717, 1.165) is 38.0 Å². The number of nitrogens with one attached hydrogen (secondary N) is 1. The van der Waals surface area contributed by atoms with E-state index in [1.807, 2.05) is 18.3 Å². The number of pyridine rings is 1. The lowest BCUT2D eigenvalue weighted by Gasteiger charge is -2.24. The molecule has 1 aromatic heterocycles. The molecule has 1 aliphatic carbocycles. The van der Waals surface area contributed by atoms with Crippen molar-refractivity contribution < 1.29 is 4.79 Å². The minimum atomic E-state index is -0.0602. The molecule has 0 spiro atoms. The third-order valence-corrected chi connectivity index (χ3v) is 5.16. The molecule has 124 valence electrons. The Balaban J connectivity index is 1.46. The molecule has 1 N–H and O–H groups in total. The predicted molar refractivity (Wildman–Crippen MR) is 96.4 cm³/mol. The number of aryl methyl sites for hydroxylation is 1. The summed E-state index contributed by atoms with van der Waals surface area (Å²) in [7, 11) is 0. The first-order valence-corrected chi connectivity index (χ1v) is 8.91. The van der Waals surface area contributed by atoms with Crippen LogP contribution in [-0.2, 0) is 11.2 Å². The highest BCUT2D eigenvalue weighted by Gasteiger charge is 2.26. The minimum absolute atomic E-state index is 0.0589. The van der Waals surface area contributed by atoms with Gasteiger partial charge in [0.25, 0.3) is 0 Å². The molecule has 1 aliphatic heterocycles. The number of fused-ring (bicyclic) bond motifs is 1. The zero-order chi connectivity index (χ0) is 16.4. The molecule has 0 radical (unpaired) electrons. The lowest BCUT2D eigenvalue weighted by molar-refractivity contribution is -0.117. The Hall–Kier alpha value is -2.36. The van der Waals surface area contributed by atoms with Gasteiger partial charge in [-0.05, 0) is 55.4 Å². The van der Waals surface area contributed by atoms with E-state index in [2.05, 4.69) is 39.5 Å². The van der Waals surface area contributed by atoms with Crippen LogP contribution < -0.4 is 10.2 Å². The zero-order valence-corrected chi connectivity index (χ0v) is 13.9. The van der Waals surface area contributed by atoms with Crippen molar-refractivity contribution in [3.05, 3.63) is 53.7 Å². The van der Waals surface area contributed by atoms with Gasteiger partial charge in [-0.15, -0.1) is 0 Å². The van der Waals surface area contributed by atoms with Gasteiger partial charge in [0, 0.05) is 13.1 Å². The van der Waals surface area contributed by atoms with E-state index in [0.29, 0.717) is 5.82 Å². The molecule has 4 heteroatoms. The largest absolute Gasteiger partial charge is 0.370 e. The second kappa shape index (κ2) is 6.63. The summed E-state index contributed by atoms with van der Waals surface area (Å²) in [4.78, 5) is 19.5. The Morgan fingerprint density at radius 1 is 1.08 bits per heavy atom. The second-order valence-electron chi connectivity index (χ2n) is 6.73. The maximum Gasteiger partial charge on any atom is 0.233 e. The van der Waals surface area contributed by atoms with Crippen molar-refractivity contribution in [1.82, 2.24) is 4.98 Å². The Kier molecular flexibility index (Phi) is 4.20. The van der Waals surface area contributed by atoms with E-state index in [1.165, 1.54) is 24.0 Å². The summed E-state index contributed by atoms with van der Waals surface area (Å²) in [6.07, 6.45) is 7.42. The van der Waals surface area contributed by atoms with Crippen LogP contribution >= 0.6 is 0 Å². The van der Waals surface area contributed by atoms with Gasteiger partial charge < -0.3 is 10.2 Å². The van der Waals surface area contributed by atoms with Crippen molar-refractivity contribution in [1.29, 1.82) is 0 Å². The Morgan fingerprint density at radius 3 is 2.71 bits per heavy atom. The third kappa shape index (κ3) is 3.01. The van der Waals surface area contributed by atoms with Crippen LogP contribution in [-0.4, -0.2) is 24.0 Å². The average molecular weight is 321 g/mol. The van der Waals surface area contributed by atoms with Crippen molar-refractivity contribution in [2.45, 2.75) is 38.0 Å². The van der Waals surface area contributed by atoms with E-state index >= 15 is 0 Å². The molecule has 1 unspecified atom stereocenters. The van der Waals surface area contributed by atoms with Crippen LogP contribution in [0.3, 0.4) is 0 Å². The van der Waals surface area contributed by atoms with Crippen LogP contribution in [0.15, 0.2) is 42.6 Å². The summed E-state index contributed by atoms with van der Waals surface area (Å²) in [5.74, 6) is 0.643. The molecule has 0 saturated carbocycles. The Labute approximate surface area is 142 Å². The van der Waals surface area contributed by atoms with Crippen molar-refractivity contribution in [3.8, 4) is 0 Å². The fourth-order valence-corrected chi connectivity index (χ4v) is 3.86. The number of aromatic nitrogens is 1. The molecular weight excluding hydrogens is 298 g/mol. The molecule has 1 atom stereocenters. The molecule has 1 amide bonds. The molecule has 24 heavy (non-hydrogen) atoms. The monoisotopic (exact) mass is 321 g/mol. The summed E-state index contributed by atoms with van der Waals surface area (Å²) in [6, 6.07) is 12.3. The van der Waals surface area contributed by atoms with Crippen molar-refractivity contribution in [3.63, 3.8) is 0 Å². The fourth-order valence-electron chi connectivity index (χ4n) is 3.86. The number of carbonyl (C=O) groups is 1. The topological polar surface area (TPSA) is 45.2 Å². The van der Waals surface area contributed by atoms with Crippen LogP contribution in [0.4, 0.5) is 11.5 Å². The van der Waals surface area contributed by atoms with Crippen LogP contribution in [0.25, 0.3) is 0 Å². The van der Waals surface area contributed by atoms with E-state index in [-0.39, 0.29) is 11.8 Å². The molecule has 1 aromatic carbocycles. The van der Waals surface area contributed by atoms with Crippen molar-refractivity contribution in [2.24, 2.45) is 0 Å². The molecule has 2 heterocycles. The van der Waals surface area contributed by atoms with Gasteiger partial charge in [-0.2, -0.15) is 0 Å². The first-order chi connectivity index (χ1) is 11.8. The maximum atomic E-state index is 12.7. The van der Waals surface area contributed by atoms with Crippen molar-refractivity contribution in [2.75, 3.05) is 23.3 Å². The first kappa shape index (κ1) is 15.2. The fraction of sp³-hybridized carbons (Fsp3) is 0.400. The highest BCUT2D eigenvalue weighted by molar-refractivity contribution is 5.95. The standard InChI is InChI=1S/C20H23N3O/c24-20(18-9-5-7-15-6-1-2-8-17(15)18)22-19-11-10-16(14-21-19)23-12-3-4-13-23/h1-2,6,8,10-11,14,18H,3-5,7,9,12-13H2,(H,21,22,24). The van der Waals surface area contributed by atoms with Gasteiger partial charge in [0.15, 0.2) is 0 Å². The number of anilines is 2. The molecule has 1 saturated heterocycles. The summed E-state index contributed by atoms with van der Waals surface area (Å²) < 4.78 is 0. The SMILES string of the molecule is O=C(Nc1ccc(N2CCCC2)cn1)C1CCCc2ccccc21. The van der Waals surface area contributed by atoms with Gasteiger partial charge in [-0.1, -0.05) is 24.3 Å². The Bertz CT molecular complexity index is 720. The number of amides is 1. The van der Waals surface area contributed by atoms with Crippen LogP contribution in [0.2, 0.25) is 0 Å². The second-order valence-corrected chi connectivity index (χ2v) is 6.73. The summed E-state index contributed by atoms with van der Waals surface area (Å²) in [6.45, 7) is 2.21. The number of carbonyl (C=O) groups excluding carboxylic acids is 1. The predicted octanol–water partition coefficient (Wildman–Crippen LogP) is 3.74. The molecule has 2 aromatic rings. The number of hydrogen-bond donors (Lipinski definition) is 1. The molecular formula is C20H23N3O. The van der Waals surface area contributed by atoms with Crippen molar-refractivity contribution >= 4 is 17.4 Å². The van der Waals surface area contributed by atoms with Crippen LogP contribution in [0.5, 0.6) is 0 Å². The molecule has 0 bridgehead atoms. The quantitative estimate of drug-likeness (QED) is 0.936. The normalized spacial score (nSPS) is 19.8. The van der Waals surface area contributed by atoms with Gasteiger partial charge >= 0.3 is 0 Å². The number of benzene rings is 1. The maximum absolute atomic E-state index is 12.7. The van der Waals surface area contributed by atoms with Gasteiger partial charge in [-0.25, -0.2) is 4.98 Å². The lowest BCUT2D eigenvalue weighted by atomic mass is 9.82. The first-order valence-electron chi connectivity index (χ1n) is 8.91. The molecule has 4 rings (SSSR count).